The highest BCUT2D eigenvalue weighted by Gasteiger charge is 2.16. The normalized spacial score (nSPS) is 12.7. The summed E-state index contributed by atoms with van der Waals surface area (Å²) in [5.41, 5.74) is 0. The summed E-state index contributed by atoms with van der Waals surface area (Å²) in [6.45, 7) is 5.32. The van der Waals surface area contributed by atoms with Crippen LogP contribution in [0.5, 0.6) is 0 Å². The van der Waals surface area contributed by atoms with E-state index in [1.807, 2.05) is 6.92 Å². The molecule has 0 aromatic heterocycles. The molecule has 0 aliphatic rings. The first-order valence-electron chi connectivity index (χ1n) is 6.02. The molecule has 0 heterocycles. The summed E-state index contributed by atoms with van der Waals surface area (Å²) >= 11 is 0. The molecule has 0 radical (unpaired) electrons. The van der Waals surface area contributed by atoms with Gasteiger partial charge >= 0.3 is 5.97 Å². The molecule has 90 valence electrons. The highest BCUT2D eigenvalue weighted by atomic mass is 16.5. The minimum Gasteiger partial charge on any atom is -0.481 e. The molecule has 1 N–H and O–H groups in total. The maximum atomic E-state index is 10.9. The van der Waals surface area contributed by atoms with Crippen LogP contribution in [-0.2, 0) is 9.53 Å². The summed E-state index contributed by atoms with van der Waals surface area (Å²) in [6, 6.07) is 0. The summed E-state index contributed by atoms with van der Waals surface area (Å²) < 4.78 is 5.18. The van der Waals surface area contributed by atoms with E-state index in [0.717, 1.165) is 19.3 Å². The third-order valence-electron chi connectivity index (χ3n) is 2.57. The highest BCUT2D eigenvalue weighted by Crippen LogP contribution is 2.14. The van der Waals surface area contributed by atoms with Gasteiger partial charge < -0.3 is 9.84 Å². The topological polar surface area (TPSA) is 46.5 Å². The Bertz CT molecular complexity index is 157. The predicted octanol–water partition coefficient (Wildman–Crippen LogP) is 3.08. The summed E-state index contributed by atoms with van der Waals surface area (Å²) in [6.07, 6.45) is 6.01. The fourth-order valence-electron chi connectivity index (χ4n) is 1.58. The highest BCUT2D eigenvalue weighted by molar-refractivity contribution is 5.69. The Morgan fingerprint density at radius 2 is 1.93 bits per heavy atom. The molecule has 15 heavy (non-hydrogen) atoms. The average Bonchev–Trinajstić information content (AvgIpc) is 2.21. The first kappa shape index (κ1) is 14.4. The lowest BCUT2D eigenvalue weighted by Crippen LogP contribution is -2.16. The zero-order valence-electron chi connectivity index (χ0n) is 10.00. The molecule has 0 aromatic rings. The molecule has 0 aromatic carbocycles. The number of rotatable bonds is 10. The molecule has 1 atom stereocenters. The second-order valence-electron chi connectivity index (χ2n) is 3.87. The molecular weight excluding hydrogens is 192 g/mol. The van der Waals surface area contributed by atoms with Crippen LogP contribution in [0.15, 0.2) is 0 Å². The monoisotopic (exact) mass is 216 g/mol. The summed E-state index contributed by atoms with van der Waals surface area (Å²) in [5.74, 6) is -0.889. The van der Waals surface area contributed by atoms with Crippen molar-refractivity contribution in [3.05, 3.63) is 0 Å². The van der Waals surface area contributed by atoms with Gasteiger partial charge in [-0.3, -0.25) is 4.79 Å². The summed E-state index contributed by atoms with van der Waals surface area (Å²) in [5, 5.41) is 8.97. The van der Waals surface area contributed by atoms with E-state index in [2.05, 4.69) is 6.92 Å². The van der Waals surface area contributed by atoms with Crippen molar-refractivity contribution in [1.29, 1.82) is 0 Å². The molecule has 3 heteroatoms. The van der Waals surface area contributed by atoms with Gasteiger partial charge in [-0.15, -0.1) is 0 Å². The number of ether oxygens (including phenoxy) is 1. The molecule has 0 bridgehead atoms. The van der Waals surface area contributed by atoms with Gasteiger partial charge in [0.2, 0.25) is 0 Å². The smallest absolute Gasteiger partial charge is 0.306 e. The lowest BCUT2D eigenvalue weighted by molar-refractivity contribution is -0.142. The van der Waals surface area contributed by atoms with Gasteiger partial charge in [0.1, 0.15) is 0 Å². The van der Waals surface area contributed by atoms with Crippen molar-refractivity contribution in [1.82, 2.24) is 0 Å². The van der Waals surface area contributed by atoms with E-state index in [1.165, 1.54) is 12.8 Å². The van der Waals surface area contributed by atoms with E-state index >= 15 is 0 Å². The van der Waals surface area contributed by atoms with Crippen molar-refractivity contribution < 1.29 is 14.6 Å². The van der Waals surface area contributed by atoms with Gasteiger partial charge in [-0.25, -0.2) is 0 Å². The van der Waals surface area contributed by atoms with E-state index in [9.17, 15) is 4.79 Å². The van der Waals surface area contributed by atoms with Crippen LogP contribution in [0.1, 0.15) is 52.4 Å². The molecule has 0 aliphatic heterocycles. The van der Waals surface area contributed by atoms with E-state index < -0.39 is 5.97 Å². The van der Waals surface area contributed by atoms with Gasteiger partial charge in [-0.05, 0) is 19.8 Å². The third kappa shape index (κ3) is 8.43. The molecule has 0 amide bonds. The lowest BCUT2D eigenvalue weighted by atomic mass is 9.98. The standard InChI is InChI=1S/C12H24O3/c1-3-5-6-7-8-11(12(13)14)9-10-15-4-2/h11H,3-10H2,1-2H3,(H,13,14). The molecule has 0 spiro atoms. The Balaban J connectivity index is 3.59. The Morgan fingerprint density at radius 3 is 2.47 bits per heavy atom. The summed E-state index contributed by atoms with van der Waals surface area (Å²) in [4.78, 5) is 10.9. The quantitative estimate of drug-likeness (QED) is 0.571. The molecule has 0 saturated carbocycles. The van der Waals surface area contributed by atoms with Crippen LogP contribution in [0.3, 0.4) is 0 Å². The minimum absolute atomic E-state index is 0.214. The van der Waals surface area contributed by atoms with Gasteiger partial charge in [0.15, 0.2) is 0 Å². The maximum absolute atomic E-state index is 10.9. The van der Waals surface area contributed by atoms with Gasteiger partial charge in [-0.1, -0.05) is 32.6 Å². The van der Waals surface area contributed by atoms with Gasteiger partial charge in [0, 0.05) is 13.2 Å². The number of carbonyl (C=O) groups is 1. The lowest BCUT2D eigenvalue weighted by Gasteiger charge is -2.11. The van der Waals surface area contributed by atoms with Crippen LogP contribution in [0.4, 0.5) is 0 Å². The molecular formula is C12H24O3. The average molecular weight is 216 g/mol. The largest absolute Gasteiger partial charge is 0.481 e. The molecule has 0 fully saturated rings. The Morgan fingerprint density at radius 1 is 1.20 bits per heavy atom. The number of hydrogen-bond acceptors (Lipinski definition) is 2. The van der Waals surface area contributed by atoms with Crippen LogP contribution in [0.25, 0.3) is 0 Å². The van der Waals surface area contributed by atoms with Crippen LogP contribution < -0.4 is 0 Å². The molecule has 3 nitrogen and oxygen atoms in total. The van der Waals surface area contributed by atoms with Crippen molar-refractivity contribution in [3.63, 3.8) is 0 Å². The fraction of sp³-hybridized carbons (Fsp3) is 0.917. The first-order valence-corrected chi connectivity index (χ1v) is 6.02. The first-order chi connectivity index (χ1) is 7.22. The van der Waals surface area contributed by atoms with Crippen molar-refractivity contribution in [2.75, 3.05) is 13.2 Å². The van der Waals surface area contributed by atoms with Crippen molar-refractivity contribution >= 4 is 5.97 Å². The molecule has 0 aliphatic carbocycles. The van der Waals surface area contributed by atoms with Crippen molar-refractivity contribution in [2.24, 2.45) is 5.92 Å². The van der Waals surface area contributed by atoms with E-state index in [1.54, 1.807) is 0 Å². The number of unbranched alkanes of at least 4 members (excludes halogenated alkanes) is 3. The zero-order valence-corrected chi connectivity index (χ0v) is 10.00. The molecule has 0 rings (SSSR count). The Hall–Kier alpha value is -0.570. The molecule has 1 unspecified atom stereocenters. The molecule has 0 saturated heterocycles. The number of aliphatic carboxylic acids is 1. The number of carboxylic acids is 1. The van der Waals surface area contributed by atoms with Gasteiger partial charge in [0.25, 0.3) is 0 Å². The number of carboxylic acid groups (broad SMARTS) is 1. The maximum Gasteiger partial charge on any atom is 0.306 e. The van der Waals surface area contributed by atoms with Gasteiger partial charge in [-0.2, -0.15) is 0 Å². The summed E-state index contributed by atoms with van der Waals surface area (Å²) in [7, 11) is 0. The van der Waals surface area contributed by atoms with E-state index in [0.29, 0.717) is 19.6 Å². The second kappa shape index (κ2) is 9.97. The van der Waals surface area contributed by atoms with E-state index in [4.69, 9.17) is 9.84 Å². The fourth-order valence-corrected chi connectivity index (χ4v) is 1.58. The van der Waals surface area contributed by atoms with Crippen LogP contribution in [0.2, 0.25) is 0 Å². The minimum atomic E-state index is -0.675. The zero-order chi connectivity index (χ0) is 11.5. The van der Waals surface area contributed by atoms with Gasteiger partial charge in [0.05, 0.1) is 5.92 Å². The van der Waals surface area contributed by atoms with Crippen LogP contribution >= 0.6 is 0 Å². The SMILES string of the molecule is CCCCCCC(CCOCC)C(=O)O. The van der Waals surface area contributed by atoms with E-state index in [-0.39, 0.29) is 5.92 Å². The second-order valence-corrected chi connectivity index (χ2v) is 3.87. The van der Waals surface area contributed by atoms with Crippen molar-refractivity contribution in [3.8, 4) is 0 Å². The van der Waals surface area contributed by atoms with Crippen molar-refractivity contribution in [2.45, 2.75) is 52.4 Å². The van der Waals surface area contributed by atoms with Crippen LogP contribution in [-0.4, -0.2) is 24.3 Å². The Labute approximate surface area is 92.8 Å². The third-order valence-corrected chi connectivity index (χ3v) is 2.57. The van der Waals surface area contributed by atoms with Crippen LogP contribution in [0, 0.1) is 5.92 Å². The predicted molar refractivity (Wildman–Crippen MR) is 61.0 cm³/mol. The Kier molecular flexibility index (Phi) is 9.59. The number of hydrogen-bond donors (Lipinski definition) is 1.